The van der Waals surface area contributed by atoms with Gasteiger partial charge in [0.15, 0.2) is 0 Å². The molecule has 2 atom stereocenters. The van der Waals surface area contributed by atoms with E-state index in [2.05, 4.69) is 22.0 Å². The highest BCUT2D eigenvalue weighted by atomic mass is 16.2. The maximum absolute atomic E-state index is 12.6. The minimum absolute atomic E-state index is 0.279. The smallest absolute Gasteiger partial charge is 0.320 e. The van der Waals surface area contributed by atoms with Gasteiger partial charge in [0.2, 0.25) is 0 Å². The van der Waals surface area contributed by atoms with Gasteiger partial charge in [-0.05, 0) is 45.1 Å². The Morgan fingerprint density at radius 3 is 2.78 bits per heavy atom. The van der Waals surface area contributed by atoms with Crippen molar-refractivity contribution in [3.8, 4) is 0 Å². The number of hydrogen-bond donors (Lipinski definition) is 1. The molecule has 0 aromatic heterocycles. The van der Waals surface area contributed by atoms with Gasteiger partial charge in [-0.2, -0.15) is 0 Å². The van der Waals surface area contributed by atoms with Crippen LogP contribution in [0.15, 0.2) is 0 Å². The Morgan fingerprint density at radius 2 is 2.06 bits per heavy atom. The molecule has 2 aliphatic heterocycles. The zero-order chi connectivity index (χ0) is 13.0. The average Bonchev–Trinajstić information content (AvgIpc) is 2.39. The van der Waals surface area contributed by atoms with Crippen molar-refractivity contribution in [2.75, 3.05) is 33.2 Å². The van der Waals surface area contributed by atoms with Gasteiger partial charge in [-0.1, -0.05) is 6.92 Å². The number of nitrogens with one attached hydrogen (secondary N) is 1. The minimum atomic E-state index is 0.279. The zero-order valence-corrected chi connectivity index (χ0v) is 11.8. The molecule has 2 rings (SSSR count). The molecule has 2 saturated heterocycles. The lowest BCUT2D eigenvalue weighted by molar-refractivity contribution is 0.100. The van der Waals surface area contributed by atoms with Gasteiger partial charge in [0.1, 0.15) is 0 Å². The molecule has 0 aromatic rings. The Bertz CT molecular complexity index is 280. The summed E-state index contributed by atoms with van der Waals surface area (Å²) in [5, 5.41) is 3.22. The SMILES string of the molecule is CNCC1CCCCN1C(=O)N1CCCC(C)C1. The Labute approximate surface area is 111 Å². The van der Waals surface area contributed by atoms with Crippen LogP contribution >= 0.6 is 0 Å². The molecule has 4 heteroatoms. The van der Waals surface area contributed by atoms with E-state index < -0.39 is 0 Å². The van der Waals surface area contributed by atoms with Gasteiger partial charge >= 0.3 is 6.03 Å². The van der Waals surface area contributed by atoms with E-state index in [1.54, 1.807) is 0 Å². The maximum Gasteiger partial charge on any atom is 0.320 e. The molecule has 2 unspecified atom stereocenters. The molecule has 2 aliphatic rings. The molecule has 2 fully saturated rings. The highest BCUT2D eigenvalue weighted by Gasteiger charge is 2.31. The van der Waals surface area contributed by atoms with Crippen LogP contribution < -0.4 is 5.32 Å². The fraction of sp³-hybridized carbons (Fsp3) is 0.929. The van der Waals surface area contributed by atoms with E-state index in [4.69, 9.17) is 0 Å². The lowest BCUT2D eigenvalue weighted by Crippen LogP contribution is -2.54. The molecule has 1 N–H and O–H groups in total. The van der Waals surface area contributed by atoms with Crippen molar-refractivity contribution in [1.29, 1.82) is 0 Å². The van der Waals surface area contributed by atoms with Crippen molar-refractivity contribution in [1.82, 2.24) is 15.1 Å². The number of likely N-dealkylation sites (N-methyl/N-ethyl adjacent to an activating group) is 1. The summed E-state index contributed by atoms with van der Waals surface area (Å²) in [4.78, 5) is 16.8. The first-order valence-corrected chi connectivity index (χ1v) is 7.42. The number of hydrogen-bond acceptors (Lipinski definition) is 2. The van der Waals surface area contributed by atoms with Gasteiger partial charge in [-0.25, -0.2) is 4.79 Å². The summed E-state index contributed by atoms with van der Waals surface area (Å²) in [7, 11) is 1.97. The van der Waals surface area contributed by atoms with E-state index in [9.17, 15) is 4.79 Å². The molecule has 4 nitrogen and oxygen atoms in total. The summed E-state index contributed by atoms with van der Waals surface area (Å²) >= 11 is 0. The van der Waals surface area contributed by atoms with Gasteiger partial charge < -0.3 is 15.1 Å². The predicted octanol–water partition coefficient (Wildman–Crippen LogP) is 1.91. The number of carbonyl (C=O) groups is 1. The third-order valence-electron chi connectivity index (χ3n) is 4.24. The first-order chi connectivity index (χ1) is 8.72. The number of urea groups is 1. The molecular formula is C14H27N3O. The molecule has 0 radical (unpaired) electrons. The molecule has 18 heavy (non-hydrogen) atoms. The summed E-state index contributed by atoms with van der Waals surface area (Å²) in [5.74, 6) is 0.662. The Balaban J connectivity index is 1.96. The van der Waals surface area contributed by atoms with Crippen LogP contribution in [0.5, 0.6) is 0 Å². The standard InChI is InChI=1S/C14H27N3O/c1-12-6-5-8-16(11-12)14(18)17-9-4-3-7-13(17)10-15-2/h12-13,15H,3-11H2,1-2H3. The molecule has 104 valence electrons. The van der Waals surface area contributed by atoms with Crippen molar-refractivity contribution in [3.05, 3.63) is 0 Å². The number of carbonyl (C=O) groups excluding carboxylic acids is 1. The second kappa shape index (κ2) is 6.41. The molecule has 2 amide bonds. The van der Waals surface area contributed by atoms with E-state index in [0.29, 0.717) is 12.0 Å². The monoisotopic (exact) mass is 253 g/mol. The zero-order valence-electron chi connectivity index (χ0n) is 11.8. The van der Waals surface area contributed by atoms with Crippen LogP contribution in [0.25, 0.3) is 0 Å². The van der Waals surface area contributed by atoms with Crippen LogP contribution in [-0.4, -0.2) is 55.1 Å². The molecular weight excluding hydrogens is 226 g/mol. The topological polar surface area (TPSA) is 35.6 Å². The fourth-order valence-corrected chi connectivity index (χ4v) is 3.25. The highest BCUT2D eigenvalue weighted by molar-refractivity contribution is 5.75. The number of likely N-dealkylation sites (tertiary alicyclic amines) is 2. The van der Waals surface area contributed by atoms with E-state index >= 15 is 0 Å². The van der Waals surface area contributed by atoms with E-state index in [1.807, 2.05) is 7.05 Å². The van der Waals surface area contributed by atoms with Crippen LogP contribution in [0.1, 0.15) is 39.0 Å². The number of nitrogens with zero attached hydrogens (tertiary/aromatic N) is 2. The maximum atomic E-state index is 12.6. The largest absolute Gasteiger partial charge is 0.324 e. The number of rotatable bonds is 2. The summed E-state index contributed by atoms with van der Waals surface area (Å²) in [6.45, 7) is 6.01. The molecule has 0 aromatic carbocycles. The van der Waals surface area contributed by atoms with Crippen LogP contribution in [0.4, 0.5) is 4.79 Å². The number of piperidine rings is 2. The van der Waals surface area contributed by atoms with E-state index in [0.717, 1.165) is 45.4 Å². The van der Waals surface area contributed by atoms with Crippen molar-refractivity contribution < 1.29 is 4.79 Å². The summed E-state index contributed by atoms with van der Waals surface area (Å²) < 4.78 is 0. The second-order valence-corrected chi connectivity index (χ2v) is 5.88. The van der Waals surface area contributed by atoms with Gasteiger partial charge in [-0.3, -0.25) is 0 Å². The van der Waals surface area contributed by atoms with Gasteiger partial charge in [-0.15, -0.1) is 0 Å². The van der Waals surface area contributed by atoms with Crippen LogP contribution in [0, 0.1) is 5.92 Å². The normalized spacial score (nSPS) is 29.4. The van der Waals surface area contributed by atoms with Gasteiger partial charge in [0.05, 0.1) is 0 Å². The Morgan fingerprint density at radius 1 is 1.22 bits per heavy atom. The summed E-state index contributed by atoms with van der Waals surface area (Å²) in [5.41, 5.74) is 0. The van der Waals surface area contributed by atoms with Crippen LogP contribution in [0.2, 0.25) is 0 Å². The first kappa shape index (κ1) is 13.7. The lowest BCUT2D eigenvalue weighted by atomic mass is 9.99. The van der Waals surface area contributed by atoms with Crippen molar-refractivity contribution >= 4 is 6.03 Å². The summed E-state index contributed by atoms with van der Waals surface area (Å²) in [6.07, 6.45) is 6.00. The molecule has 2 heterocycles. The molecule has 0 aliphatic carbocycles. The van der Waals surface area contributed by atoms with Crippen molar-refractivity contribution in [3.63, 3.8) is 0 Å². The van der Waals surface area contributed by atoms with Crippen LogP contribution in [-0.2, 0) is 0 Å². The van der Waals surface area contributed by atoms with Crippen molar-refractivity contribution in [2.24, 2.45) is 5.92 Å². The van der Waals surface area contributed by atoms with E-state index in [1.165, 1.54) is 12.8 Å². The predicted molar refractivity (Wildman–Crippen MR) is 73.6 cm³/mol. The van der Waals surface area contributed by atoms with E-state index in [-0.39, 0.29) is 6.03 Å². The molecule has 0 bridgehead atoms. The average molecular weight is 253 g/mol. The number of amides is 2. The highest BCUT2D eigenvalue weighted by Crippen LogP contribution is 2.22. The first-order valence-electron chi connectivity index (χ1n) is 7.42. The van der Waals surface area contributed by atoms with Crippen LogP contribution in [0.3, 0.4) is 0 Å². The third kappa shape index (κ3) is 3.16. The minimum Gasteiger partial charge on any atom is -0.324 e. The quantitative estimate of drug-likeness (QED) is 0.816. The summed E-state index contributed by atoms with van der Waals surface area (Å²) in [6, 6.07) is 0.676. The second-order valence-electron chi connectivity index (χ2n) is 5.88. The Hall–Kier alpha value is -0.770. The molecule has 0 spiro atoms. The lowest BCUT2D eigenvalue weighted by Gasteiger charge is -2.41. The Kier molecular flexibility index (Phi) is 4.87. The van der Waals surface area contributed by atoms with Gasteiger partial charge in [0.25, 0.3) is 0 Å². The third-order valence-corrected chi connectivity index (χ3v) is 4.24. The van der Waals surface area contributed by atoms with Gasteiger partial charge in [0, 0.05) is 32.2 Å². The fourth-order valence-electron chi connectivity index (χ4n) is 3.25. The van der Waals surface area contributed by atoms with Crippen molar-refractivity contribution in [2.45, 2.75) is 45.1 Å². The molecule has 0 saturated carbocycles.